The van der Waals surface area contributed by atoms with Crippen molar-refractivity contribution in [3.05, 3.63) is 58.1 Å². The minimum atomic E-state index is -0.650. The summed E-state index contributed by atoms with van der Waals surface area (Å²) in [5.41, 5.74) is 7.79. The Morgan fingerprint density at radius 2 is 1.79 bits per heavy atom. The van der Waals surface area contributed by atoms with E-state index < -0.39 is 17.7 Å². The maximum absolute atomic E-state index is 14.3. The van der Waals surface area contributed by atoms with Crippen LogP contribution in [0.3, 0.4) is 0 Å². The predicted molar refractivity (Wildman–Crippen MR) is 160 cm³/mol. The van der Waals surface area contributed by atoms with E-state index in [1.807, 2.05) is 12.1 Å². The van der Waals surface area contributed by atoms with E-state index in [9.17, 15) is 14.0 Å². The maximum atomic E-state index is 14.3. The molecule has 3 N–H and O–H groups in total. The largest absolute Gasteiger partial charge is 0.461 e. The highest BCUT2D eigenvalue weighted by Crippen LogP contribution is 2.32. The molecule has 0 spiro atoms. The molecule has 0 unspecified atom stereocenters. The van der Waals surface area contributed by atoms with Crippen LogP contribution in [0.25, 0.3) is 5.69 Å². The fourth-order valence-corrected chi connectivity index (χ4v) is 5.44. The van der Waals surface area contributed by atoms with Crippen LogP contribution in [-0.2, 0) is 4.74 Å². The minimum Gasteiger partial charge on any atom is -0.461 e. The number of likely N-dealkylation sites (tertiary alicyclic amines) is 1. The van der Waals surface area contributed by atoms with E-state index in [1.54, 1.807) is 6.07 Å². The highest BCUT2D eigenvalue weighted by Gasteiger charge is 2.24. The van der Waals surface area contributed by atoms with Gasteiger partial charge in [-0.25, -0.2) is 13.9 Å². The summed E-state index contributed by atoms with van der Waals surface area (Å²) in [5, 5.41) is 11.1. The van der Waals surface area contributed by atoms with Gasteiger partial charge < -0.3 is 30.5 Å². The quantitative estimate of drug-likeness (QED) is 0.311. The Kier molecular flexibility index (Phi) is 8.95. The Hall–Kier alpha value is -3.74. The highest BCUT2D eigenvalue weighted by molar-refractivity contribution is 6.35. The summed E-state index contributed by atoms with van der Waals surface area (Å²) >= 11 is 6.34. The number of hydrogen-bond acceptors (Lipinski definition) is 9. The molecule has 3 aromatic rings. The van der Waals surface area contributed by atoms with Crippen molar-refractivity contribution in [2.45, 2.75) is 19.8 Å². The Morgan fingerprint density at radius 3 is 2.50 bits per heavy atom. The molecule has 2 saturated heterocycles. The first-order valence-corrected chi connectivity index (χ1v) is 14.4. The zero-order valence-electron chi connectivity index (χ0n) is 24.1. The zero-order chi connectivity index (χ0) is 30.0. The van der Waals surface area contributed by atoms with Gasteiger partial charge in [-0.05, 0) is 77.1 Å². The molecule has 2 fully saturated rings. The second-order valence-corrected chi connectivity index (χ2v) is 11.5. The molecule has 2 aliphatic heterocycles. The smallest absolute Gasteiger partial charge is 0.360 e. The van der Waals surface area contributed by atoms with Gasteiger partial charge in [0.1, 0.15) is 0 Å². The molecule has 3 heterocycles. The molecule has 42 heavy (non-hydrogen) atoms. The van der Waals surface area contributed by atoms with Crippen molar-refractivity contribution < 1.29 is 18.7 Å². The summed E-state index contributed by atoms with van der Waals surface area (Å²) < 4.78 is 21.2. The van der Waals surface area contributed by atoms with E-state index in [4.69, 9.17) is 22.1 Å². The lowest BCUT2D eigenvalue weighted by atomic mass is 9.98. The molecule has 0 atom stereocenters. The van der Waals surface area contributed by atoms with Gasteiger partial charge in [-0.3, -0.25) is 4.79 Å². The lowest BCUT2D eigenvalue weighted by molar-refractivity contribution is 0.0377. The van der Waals surface area contributed by atoms with E-state index in [0.29, 0.717) is 23.9 Å². The van der Waals surface area contributed by atoms with Crippen molar-refractivity contribution in [3.8, 4) is 5.69 Å². The number of nitrogens with zero attached hydrogens (tertiary/aromatic N) is 6. The lowest BCUT2D eigenvalue weighted by Crippen LogP contribution is -2.44. The predicted octanol–water partition coefficient (Wildman–Crippen LogP) is 3.45. The van der Waals surface area contributed by atoms with Gasteiger partial charge in [0.2, 0.25) is 0 Å². The number of carbonyl (C=O) groups excluding carboxylic acids is 2. The van der Waals surface area contributed by atoms with E-state index >= 15 is 0 Å². The molecule has 0 bridgehead atoms. The number of piperazine rings is 1. The number of benzene rings is 2. The van der Waals surface area contributed by atoms with E-state index in [2.05, 4.69) is 44.4 Å². The molecule has 1 amide bonds. The Bertz CT molecular complexity index is 1470. The first-order valence-electron chi connectivity index (χ1n) is 14.0. The number of nitrogen functional groups attached to an aromatic ring is 1. The van der Waals surface area contributed by atoms with Gasteiger partial charge in [0, 0.05) is 31.7 Å². The first-order chi connectivity index (χ1) is 20.1. The SMILES string of the molecule is Cc1c(F)c(N)cc(C(=O)Nc2cc(-n3cc(C(=O)OCC4CCN(C)CC4)nn3)ccc2N2CCN(C)CC2)c1Cl. The zero-order valence-corrected chi connectivity index (χ0v) is 24.8. The number of amides is 1. The number of carbonyl (C=O) groups is 2. The van der Waals surface area contributed by atoms with Gasteiger partial charge in [-0.2, -0.15) is 0 Å². The van der Waals surface area contributed by atoms with Crippen LogP contribution in [-0.4, -0.2) is 96.6 Å². The van der Waals surface area contributed by atoms with Crippen LogP contribution in [0.15, 0.2) is 30.5 Å². The van der Waals surface area contributed by atoms with Crippen molar-refractivity contribution in [2.24, 2.45) is 5.92 Å². The van der Waals surface area contributed by atoms with Gasteiger partial charge in [-0.15, -0.1) is 5.10 Å². The molecule has 13 heteroatoms. The number of likely N-dealkylation sites (N-methyl/N-ethyl adjacent to an activating group) is 1. The summed E-state index contributed by atoms with van der Waals surface area (Å²) in [5.74, 6) is -1.37. The van der Waals surface area contributed by atoms with Crippen LogP contribution in [0.2, 0.25) is 5.02 Å². The van der Waals surface area contributed by atoms with Crippen LogP contribution >= 0.6 is 11.6 Å². The molecule has 1 aromatic heterocycles. The summed E-state index contributed by atoms with van der Waals surface area (Å²) in [4.78, 5) is 32.8. The molecule has 224 valence electrons. The van der Waals surface area contributed by atoms with Crippen molar-refractivity contribution in [1.82, 2.24) is 24.8 Å². The van der Waals surface area contributed by atoms with E-state index in [-0.39, 0.29) is 27.5 Å². The van der Waals surface area contributed by atoms with Crippen LogP contribution in [0.5, 0.6) is 0 Å². The van der Waals surface area contributed by atoms with Crippen molar-refractivity contribution in [2.75, 3.05) is 75.9 Å². The average Bonchev–Trinajstić information content (AvgIpc) is 3.48. The number of aromatic nitrogens is 3. The molecule has 5 rings (SSSR count). The normalized spacial score (nSPS) is 16.9. The summed E-state index contributed by atoms with van der Waals surface area (Å²) in [6.45, 7) is 7.05. The molecule has 11 nitrogen and oxygen atoms in total. The third kappa shape index (κ3) is 6.50. The average molecular weight is 599 g/mol. The van der Waals surface area contributed by atoms with Crippen LogP contribution in [0, 0.1) is 18.7 Å². The van der Waals surface area contributed by atoms with E-state index in [0.717, 1.165) is 57.8 Å². The van der Waals surface area contributed by atoms with Crippen LogP contribution < -0.4 is 16.0 Å². The lowest BCUT2D eigenvalue weighted by Gasteiger charge is -2.35. The second-order valence-electron chi connectivity index (χ2n) is 11.1. The second kappa shape index (κ2) is 12.6. The molecule has 2 aliphatic rings. The molecule has 2 aromatic carbocycles. The number of halogens is 2. The number of anilines is 3. The number of nitrogens with one attached hydrogen (secondary N) is 1. The maximum Gasteiger partial charge on any atom is 0.360 e. The molecule has 0 radical (unpaired) electrons. The van der Waals surface area contributed by atoms with Crippen molar-refractivity contribution in [1.29, 1.82) is 0 Å². The molecule has 0 aliphatic carbocycles. The first kappa shape index (κ1) is 29.7. The Morgan fingerprint density at radius 1 is 1.10 bits per heavy atom. The Balaban J connectivity index is 1.38. The number of nitrogens with two attached hydrogens (primary N) is 1. The van der Waals surface area contributed by atoms with Gasteiger partial charge >= 0.3 is 5.97 Å². The molecule has 0 saturated carbocycles. The van der Waals surface area contributed by atoms with Crippen LogP contribution in [0.4, 0.5) is 21.5 Å². The van der Waals surface area contributed by atoms with Crippen molar-refractivity contribution in [3.63, 3.8) is 0 Å². The topological polar surface area (TPSA) is 122 Å². The highest BCUT2D eigenvalue weighted by atomic mass is 35.5. The van der Waals surface area contributed by atoms with E-state index in [1.165, 1.54) is 23.9 Å². The van der Waals surface area contributed by atoms with Gasteiger partial charge in [0.25, 0.3) is 5.91 Å². The van der Waals surface area contributed by atoms with Gasteiger partial charge in [0.15, 0.2) is 11.5 Å². The standard InChI is InChI=1S/C29H36ClFN8O3/c1-18-26(30)21(15-22(32)27(18)31)28(40)33-23-14-20(4-5-25(23)38-12-10-37(3)11-13-38)39-16-24(34-35-39)29(41)42-17-19-6-8-36(2)9-7-19/h4-5,14-16,19H,6-13,17,32H2,1-3H3,(H,33,40). The van der Waals surface area contributed by atoms with Crippen LogP contribution in [0.1, 0.15) is 39.3 Å². The number of rotatable bonds is 7. The minimum absolute atomic E-state index is 0.00354. The number of ether oxygens (including phenoxy) is 1. The number of piperidine rings is 1. The third-order valence-electron chi connectivity index (χ3n) is 8.02. The van der Waals surface area contributed by atoms with Gasteiger partial charge in [-0.1, -0.05) is 16.8 Å². The fraction of sp³-hybridized carbons (Fsp3) is 0.448. The number of esters is 1. The molecular weight excluding hydrogens is 563 g/mol. The fourth-order valence-electron chi connectivity index (χ4n) is 5.22. The number of hydrogen-bond donors (Lipinski definition) is 2. The monoisotopic (exact) mass is 598 g/mol. The summed E-state index contributed by atoms with van der Waals surface area (Å²) in [7, 11) is 4.15. The molecular formula is C29H36ClFN8O3. The summed E-state index contributed by atoms with van der Waals surface area (Å²) in [6.07, 6.45) is 3.48. The summed E-state index contributed by atoms with van der Waals surface area (Å²) in [6, 6.07) is 6.72. The van der Waals surface area contributed by atoms with Crippen molar-refractivity contribution >= 4 is 40.5 Å². The third-order valence-corrected chi connectivity index (χ3v) is 8.51. The van der Waals surface area contributed by atoms with Gasteiger partial charge in [0.05, 0.1) is 46.1 Å². The Labute approximate surface area is 249 Å².